The lowest BCUT2D eigenvalue weighted by Crippen LogP contribution is -2.39. The molecule has 5 heteroatoms. The number of aliphatic hydroxyl groups is 1. The van der Waals surface area contributed by atoms with E-state index in [1.165, 1.54) is 30.0 Å². The Kier molecular flexibility index (Phi) is 9.22. The zero-order valence-electron chi connectivity index (χ0n) is 23.5. The van der Waals surface area contributed by atoms with Crippen LogP contribution in [0.2, 0.25) is 0 Å². The van der Waals surface area contributed by atoms with Crippen molar-refractivity contribution in [3.05, 3.63) is 69.8 Å². The van der Waals surface area contributed by atoms with Crippen molar-refractivity contribution < 1.29 is 19.8 Å². The van der Waals surface area contributed by atoms with Crippen molar-refractivity contribution >= 4 is 11.9 Å². The molecule has 2 aromatic carbocycles. The predicted octanol–water partition coefficient (Wildman–Crippen LogP) is 6.49. The molecule has 0 spiro atoms. The number of aryl methyl sites for hydroxylation is 2. The minimum Gasteiger partial charge on any atom is -0.480 e. The van der Waals surface area contributed by atoms with Gasteiger partial charge in [0, 0.05) is 11.0 Å². The Morgan fingerprint density at radius 2 is 1.51 bits per heavy atom. The van der Waals surface area contributed by atoms with Crippen molar-refractivity contribution in [2.45, 2.75) is 110 Å². The van der Waals surface area contributed by atoms with Gasteiger partial charge in [0.05, 0.1) is 5.60 Å². The maximum atomic E-state index is 12.7. The fourth-order valence-electron chi connectivity index (χ4n) is 6.18. The lowest BCUT2D eigenvalue weighted by molar-refractivity contribution is -0.138. The number of rotatable bonds is 10. The summed E-state index contributed by atoms with van der Waals surface area (Å²) in [5.74, 6) is -1.20. The Balaban J connectivity index is 1.88. The summed E-state index contributed by atoms with van der Waals surface area (Å²) < 4.78 is 0. The largest absolute Gasteiger partial charge is 0.480 e. The summed E-state index contributed by atoms with van der Waals surface area (Å²) in [6.45, 7) is 12.2. The number of amides is 1. The Labute approximate surface area is 222 Å². The lowest BCUT2D eigenvalue weighted by Gasteiger charge is -2.38. The highest BCUT2D eigenvalue weighted by Crippen LogP contribution is 2.41. The van der Waals surface area contributed by atoms with Gasteiger partial charge in [0.15, 0.2) is 0 Å². The second kappa shape index (κ2) is 11.8. The maximum absolute atomic E-state index is 12.7. The van der Waals surface area contributed by atoms with E-state index in [4.69, 9.17) is 5.11 Å². The van der Waals surface area contributed by atoms with Gasteiger partial charge in [0.1, 0.15) is 6.04 Å². The molecule has 5 nitrogen and oxygen atoms in total. The second-order valence-corrected chi connectivity index (χ2v) is 11.3. The van der Waals surface area contributed by atoms with Crippen LogP contribution in [0, 0.1) is 19.8 Å². The van der Waals surface area contributed by atoms with E-state index in [9.17, 15) is 14.7 Å². The molecule has 37 heavy (non-hydrogen) atoms. The van der Waals surface area contributed by atoms with Gasteiger partial charge in [0.2, 0.25) is 0 Å². The van der Waals surface area contributed by atoms with Crippen LogP contribution in [-0.4, -0.2) is 33.7 Å². The number of carboxylic acids is 1. The molecule has 1 fully saturated rings. The standard InChI is InChI=1S/C32H45NO4/c1-7-31(8-2,27-14-15-28(22(4)19-27)29(34)33-24(6)30(35)36)26-13-12-25(21(3)18-26)20-23(5)32(37)16-10-9-11-17-32/h12-15,18-19,23-24,37H,7-11,16-17,20H2,1-6H3,(H,33,34)(H,35,36). The van der Waals surface area contributed by atoms with Crippen LogP contribution in [0.1, 0.15) is 111 Å². The molecule has 1 amide bonds. The lowest BCUT2D eigenvalue weighted by atomic mass is 9.69. The SMILES string of the molecule is CCC(CC)(c1ccc(CC(C)C2(O)CCCCC2)c(C)c1)c1ccc(C(=O)NC(C)C(=O)O)c(C)c1. The molecule has 3 rings (SSSR count). The van der Waals surface area contributed by atoms with Crippen LogP contribution in [0.3, 0.4) is 0 Å². The number of benzene rings is 2. The third-order valence-corrected chi connectivity index (χ3v) is 9.01. The molecule has 0 saturated heterocycles. The first kappa shape index (κ1) is 28.9. The average molecular weight is 508 g/mol. The Morgan fingerprint density at radius 3 is 2.03 bits per heavy atom. The van der Waals surface area contributed by atoms with Gasteiger partial charge in [-0.15, -0.1) is 0 Å². The van der Waals surface area contributed by atoms with E-state index in [2.05, 4.69) is 57.3 Å². The third kappa shape index (κ3) is 6.09. The van der Waals surface area contributed by atoms with Gasteiger partial charge in [0.25, 0.3) is 5.91 Å². The van der Waals surface area contributed by atoms with Crippen LogP contribution in [0.15, 0.2) is 36.4 Å². The molecule has 1 aliphatic carbocycles. The zero-order valence-corrected chi connectivity index (χ0v) is 23.5. The molecule has 3 N–H and O–H groups in total. The van der Waals surface area contributed by atoms with Crippen LogP contribution in [0.4, 0.5) is 0 Å². The Morgan fingerprint density at radius 1 is 0.946 bits per heavy atom. The highest BCUT2D eigenvalue weighted by Gasteiger charge is 2.36. The van der Waals surface area contributed by atoms with Crippen LogP contribution >= 0.6 is 0 Å². The van der Waals surface area contributed by atoms with Gasteiger partial charge in [-0.1, -0.05) is 70.4 Å². The number of nitrogens with one attached hydrogen (secondary N) is 1. The summed E-state index contributed by atoms with van der Waals surface area (Å²) in [4.78, 5) is 23.8. The topological polar surface area (TPSA) is 86.6 Å². The van der Waals surface area contributed by atoms with Crippen LogP contribution in [0.5, 0.6) is 0 Å². The summed E-state index contributed by atoms with van der Waals surface area (Å²) >= 11 is 0. The summed E-state index contributed by atoms with van der Waals surface area (Å²) in [7, 11) is 0. The molecule has 0 radical (unpaired) electrons. The second-order valence-electron chi connectivity index (χ2n) is 11.3. The molecule has 1 aliphatic rings. The smallest absolute Gasteiger partial charge is 0.325 e. The molecule has 0 heterocycles. The maximum Gasteiger partial charge on any atom is 0.325 e. The van der Waals surface area contributed by atoms with Crippen molar-refractivity contribution in [3.63, 3.8) is 0 Å². The minimum atomic E-state index is -1.06. The van der Waals surface area contributed by atoms with Gasteiger partial charge in [-0.3, -0.25) is 9.59 Å². The highest BCUT2D eigenvalue weighted by molar-refractivity contribution is 5.97. The monoisotopic (exact) mass is 507 g/mol. The molecular weight excluding hydrogens is 462 g/mol. The molecule has 1 saturated carbocycles. The summed E-state index contributed by atoms with van der Waals surface area (Å²) in [5, 5.41) is 22.9. The fourth-order valence-corrected chi connectivity index (χ4v) is 6.18. The fraction of sp³-hybridized carbons (Fsp3) is 0.562. The van der Waals surface area contributed by atoms with Crippen LogP contribution in [-0.2, 0) is 16.6 Å². The molecule has 0 aliphatic heterocycles. The quantitative estimate of drug-likeness (QED) is 0.343. The van der Waals surface area contributed by atoms with Gasteiger partial charge in [-0.25, -0.2) is 0 Å². The molecule has 0 bridgehead atoms. The van der Waals surface area contributed by atoms with Crippen LogP contribution in [0.25, 0.3) is 0 Å². The third-order valence-electron chi connectivity index (χ3n) is 9.01. The minimum absolute atomic E-state index is 0.190. The first-order valence-electron chi connectivity index (χ1n) is 13.9. The summed E-state index contributed by atoms with van der Waals surface area (Å²) in [5.41, 5.74) is 5.57. The Bertz CT molecular complexity index is 1110. The first-order chi connectivity index (χ1) is 17.5. The number of aliphatic carboxylic acids is 1. The number of carboxylic acid groups (broad SMARTS) is 1. The van der Waals surface area contributed by atoms with Gasteiger partial charge >= 0.3 is 5.97 Å². The van der Waals surface area contributed by atoms with E-state index in [1.807, 2.05) is 19.1 Å². The average Bonchev–Trinajstić information content (AvgIpc) is 2.87. The highest BCUT2D eigenvalue weighted by atomic mass is 16.4. The predicted molar refractivity (Wildman–Crippen MR) is 149 cm³/mol. The molecule has 2 atom stereocenters. The first-order valence-corrected chi connectivity index (χ1v) is 13.9. The number of carbonyl (C=O) groups excluding carboxylic acids is 1. The Hall–Kier alpha value is -2.66. The zero-order chi connectivity index (χ0) is 27.4. The van der Waals surface area contributed by atoms with E-state index in [0.29, 0.717) is 5.56 Å². The normalized spacial score (nSPS) is 17.2. The van der Waals surface area contributed by atoms with Crippen molar-refractivity contribution in [2.75, 3.05) is 0 Å². The van der Waals surface area contributed by atoms with Gasteiger partial charge < -0.3 is 15.5 Å². The molecular formula is C32H45NO4. The number of carbonyl (C=O) groups is 2. The van der Waals surface area contributed by atoms with E-state index < -0.39 is 17.6 Å². The molecule has 202 valence electrons. The molecule has 2 aromatic rings. The van der Waals surface area contributed by atoms with Gasteiger partial charge in [-0.2, -0.15) is 0 Å². The molecule has 2 unspecified atom stereocenters. The van der Waals surface area contributed by atoms with E-state index in [1.54, 1.807) is 0 Å². The number of hydrogen-bond donors (Lipinski definition) is 3. The van der Waals surface area contributed by atoms with Gasteiger partial charge in [-0.05, 0) is 92.7 Å². The van der Waals surface area contributed by atoms with Crippen molar-refractivity contribution in [1.82, 2.24) is 5.32 Å². The number of hydrogen-bond acceptors (Lipinski definition) is 3. The van der Waals surface area contributed by atoms with Crippen molar-refractivity contribution in [2.24, 2.45) is 5.92 Å². The van der Waals surface area contributed by atoms with Crippen LogP contribution < -0.4 is 5.32 Å². The molecule has 0 aromatic heterocycles. The van der Waals surface area contributed by atoms with Crippen molar-refractivity contribution in [3.8, 4) is 0 Å². The summed E-state index contributed by atoms with van der Waals surface area (Å²) in [6, 6.07) is 11.8. The summed E-state index contributed by atoms with van der Waals surface area (Å²) in [6.07, 6.45) is 7.99. The van der Waals surface area contributed by atoms with Crippen molar-refractivity contribution in [1.29, 1.82) is 0 Å². The van der Waals surface area contributed by atoms with E-state index >= 15 is 0 Å². The van der Waals surface area contributed by atoms with E-state index in [-0.39, 0.29) is 17.2 Å². The van der Waals surface area contributed by atoms with E-state index in [0.717, 1.165) is 56.1 Å².